The molecular formula is C35H67BS. The van der Waals surface area contributed by atoms with E-state index in [1.165, 1.54) is 6.42 Å². The van der Waals surface area contributed by atoms with E-state index in [0.29, 0.717) is 75.8 Å². The van der Waals surface area contributed by atoms with E-state index in [1.807, 2.05) is 0 Å². The summed E-state index contributed by atoms with van der Waals surface area (Å²) >= 11 is 5.74. The molecule has 2 saturated carbocycles. The van der Waals surface area contributed by atoms with Gasteiger partial charge in [-0.15, -0.1) is 0 Å². The zero-order chi connectivity index (χ0) is 28.7. The van der Waals surface area contributed by atoms with Crippen molar-refractivity contribution < 1.29 is 0 Å². The van der Waals surface area contributed by atoms with Gasteiger partial charge in [0.25, 0.3) is 0 Å². The SMILES string of the molecule is [B]CC1C(C)C(C)C(C(S)C2C(C)C(C)C(C)C(C)C(C)C(C)C2C)C(C)C(C)C(C)C(C)(CC)C1C. The summed E-state index contributed by atoms with van der Waals surface area (Å²) in [6, 6.07) is 0. The summed E-state index contributed by atoms with van der Waals surface area (Å²) < 4.78 is 0. The summed E-state index contributed by atoms with van der Waals surface area (Å²) in [6.07, 6.45) is 2.04. The molecule has 0 aromatic carbocycles. The Morgan fingerprint density at radius 2 is 0.865 bits per heavy atom. The van der Waals surface area contributed by atoms with Gasteiger partial charge < -0.3 is 0 Å². The van der Waals surface area contributed by atoms with Gasteiger partial charge in [-0.05, 0) is 100 Å². The molecule has 2 aliphatic carbocycles. The highest BCUT2D eigenvalue weighted by Gasteiger charge is 2.51. The molecule has 37 heavy (non-hydrogen) atoms. The molecule has 0 saturated heterocycles. The van der Waals surface area contributed by atoms with Gasteiger partial charge in [0.1, 0.15) is 0 Å². The van der Waals surface area contributed by atoms with E-state index in [4.69, 9.17) is 20.5 Å². The van der Waals surface area contributed by atoms with Gasteiger partial charge in [0, 0.05) is 5.25 Å². The molecule has 16 unspecified atom stereocenters. The molecule has 216 valence electrons. The third-order valence-corrected chi connectivity index (χ3v) is 15.8. The summed E-state index contributed by atoms with van der Waals surface area (Å²) in [5, 5.41) is 0.421. The molecule has 2 rings (SSSR count). The molecule has 2 aliphatic rings. The molecule has 0 aromatic rings. The van der Waals surface area contributed by atoms with Crippen molar-refractivity contribution in [1.82, 2.24) is 0 Å². The van der Waals surface area contributed by atoms with Crippen LogP contribution < -0.4 is 0 Å². The van der Waals surface area contributed by atoms with Crippen molar-refractivity contribution in [3.8, 4) is 0 Å². The van der Waals surface area contributed by atoms with Gasteiger partial charge in [0.05, 0.1) is 7.85 Å². The van der Waals surface area contributed by atoms with Crippen LogP contribution in [0.5, 0.6) is 0 Å². The van der Waals surface area contributed by atoms with E-state index in [-0.39, 0.29) is 0 Å². The molecule has 0 spiro atoms. The van der Waals surface area contributed by atoms with Gasteiger partial charge in [-0.2, -0.15) is 12.6 Å². The maximum absolute atomic E-state index is 6.62. The van der Waals surface area contributed by atoms with E-state index in [2.05, 4.69) is 104 Å². The third-order valence-electron chi connectivity index (χ3n) is 15.1. The summed E-state index contributed by atoms with van der Waals surface area (Å²) in [5.41, 5.74) is 0.317. The Morgan fingerprint density at radius 1 is 0.541 bits per heavy atom. The predicted molar refractivity (Wildman–Crippen MR) is 171 cm³/mol. The average molecular weight is 531 g/mol. The Kier molecular flexibility index (Phi) is 11.8. The average Bonchev–Trinajstić information content (AvgIpc) is 2.89. The Labute approximate surface area is 241 Å². The first-order valence-corrected chi connectivity index (χ1v) is 16.9. The lowest BCUT2D eigenvalue weighted by Gasteiger charge is -2.52. The molecule has 16 atom stereocenters. The molecule has 2 heteroatoms. The van der Waals surface area contributed by atoms with Crippen LogP contribution in [0.15, 0.2) is 0 Å². The molecule has 0 heterocycles. The number of rotatable bonds is 4. The fourth-order valence-corrected chi connectivity index (χ4v) is 11.2. The highest BCUT2D eigenvalue weighted by molar-refractivity contribution is 7.81. The Bertz CT molecular complexity index is 681. The summed E-state index contributed by atoms with van der Waals surface area (Å²) in [5.74, 6) is 10.8. The maximum Gasteiger partial charge on any atom is 0.0657 e. The first-order valence-electron chi connectivity index (χ1n) is 16.4. The fraction of sp³-hybridized carbons (Fsp3) is 1.00. The fourth-order valence-electron chi connectivity index (χ4n) is 10.1. The van der Waals surface area contributed by atoms with Crippen molar-refractivity contribution in [1.29, 1.82) is 0 Å². The van der Waals surface area contributed by atoms with Crippen LogP contribution in [-0.2, 0) is 0 Å². The highest BCUT2D eigenvalue weighted by atomic mass is 32.1. The Balaban J connectivity index is 2.64. The normalized spacial score (nSPS) is 55.4. The second kappa shape index (κ2) is 12.9. The number of hydrogen-bond donors (Lipinski definition) is 1. The number of hydrogen-bond acceptors (Lipinski definition) is 1. The summed E-state index contributed by atoms with van der Waals surface area (Å²) in [4.78, 5) is 0. The lowest BCUT2D eigenvalue weighted by atomic mass is 9.56. The minimum atomic E-state index is 0.317. The van der Waals surface area contributed by atoms with Crippen molar-refractivity contribution in [3.05, 3.63) is 0 Å². The van der Waals surface area contributed by atoms with E-state index in [9.17, 15) is 0 Å². The van der Waals surface area contributed by atoms with E-state index < -0.39 is 0 Å². The van der Waals surface area contributed by atoms with Crippen molar-refractivity contribution in [2.45, 2.75) is 122 Å². The highest BCUT2D eigenvalue weighted by Crippen LogP contribution is 2.57. The van der Waals surface area contributed by atoms with Gasteiger partial charge >= 0.3 is 0 Å². The summed E-state index contributed by atoms with van der Waals surface area (Å²) in [7, 11) is 6.62. The smallest absolute Gasteiger partial charge is 0.0657 e. The van der Waals surface area contributed by atoms with Gasteiger partial charge in [0.15, 0.2) is 0 Å². The van der Waals surface area contributed by atoms with E-state index in [0.717, 1.165) is 35.9 Å². The zero-order valence-electron chi connectivity index (χ0n) is 27.8. The van der Waals surface area contributed by atoms with Crippen molar-refractivity contribution >= 4 is 20.5 Å². The van der Waals surface area contributed by atoms with Gasteiger partial charge in [0.2, 0.25) is 0 Å². The largest absolute Gasteiger partial charge is 0.175 e. The van der Waals surface area contributed by atoms with Crippen LogP contribution in [0, 0.1) is 100 Å². The molecule has 2 radical (unpaired) electrons. The van der Waals surface area contributed by atoms with Crippen LogP contribution in [0.3, 0.4) is 0 Å². The molecule has 0 aliphatic heterocycles. The molecule has 0 bridgehead atoms. The van der Waals surface area contributed by atoms with Crippen LogP contribution in [0.25, 0.3) is 0 Å². The van der Waals surface area contributed by atoms with Crippen LogP contribution >= 0.6 is 12.6 Å². The third kappa shape index (κ3) is 5.91. The molecule has 0 aromatic heterocycles. The second-order valence-electron chi connectivity index (χ2n) is 15.4. The first-order chi connectivity index (χ1) is 17.0. The molecule has 2 fully saturated rings. The molecular weight excluding hydrogens is 463 g/mol. The summed E-state index contributed by atoms with van der Waals surface area (Å²) in [6.45, 7) is 38.2. The second-order valence-corrected chi connectivity index (χ2v) is 16.0. The zero-order valence-corrected chi connectivity index (χ0v) is 28.6. The lowest BCUT2D eigenvalue weighted by molar-refractivity contribution is -0.00270. The number of thiol groups is 1. The van der Waals surface area contributed by atoms with Crippen LogP contribution in [0.4, 0.5) is 0 Å². The predicted octanol–water partition coefficient (Wildman–Crippen LogP) is 10.4. The van der Waals surface area contributed by atoms with E-state index >= 15 is 0 Å². The standard InChI is InChI=1S/C35H67BS/c1-16-35(15)29(13)23(7)27(11)33(28(12)24(8)31(17-36)30(35)14)34(37)32-25(9)21(5)19(3)18(2)20(4)22(6)26(32)10/h18-34,37H,16-17H2,1-15H3. The van der Waals surface area contributed by atoms with Gasteiger partial charge in [-0.3, -0.25) is 0 Å². The van der Waals surface area contributed by atoms with Gasteiger partial charge in [-0.25, -0.2) is 0 Å². The lowest BCUT2D eigenvalue weighted by Crippen LogP contribution is -2.48. The first kappa shape index (κ1) is 33.6. The Morgan fingerprint density at radius 3 is 1.22 bits per heavy atom. The van der Waals surface area contributed by atoms with Crippen molar-refractivity contribution in [2.24, 2.45) is 100 Å². The maximum atomic E-state index is 6.62. The van der Waals surface area contributed by atoms with Crippen LogP contribution in [-0.4, -0.2) is 13.1 Å². The minimum Gasteiger partial charge on any atom is -0.175 e. The monoisotopic (exact) mass is 531 g/mol. The Hall–Kier alpha value is 0.415. The van der Waals surface area contributed by atoms with Gasteiger partial charge in [-0.1, -0.05) is 117 Å². The van der Waals surface area contributed by atoms with Crippen LogP contribution in [0.2, 0.25) is 6.32 Å². The molecule has 0 N–H and O–H groups in total. The van der Waals surface area contributed by atoms with Crippen molar-refractivity contribution in [3.63, 3.8) is 0 Å². The topological polar surface area (TPSA) is 0 Å². The molecule has 0 nitrogen and oxygen atoms in total. The quantitative estimate of drug-likeness (QED) is 0.271. The van der Waals surface area contributed by atoms with Crippen LogP contribution in [0.1, 0.15) is 110 Å². The van der Waals surface area contributed by atoms with E-state index in [1.54, 1.807) is 0 Å². The van der Waals surface area contributed by atoms with Crippen molar-refractivity contribution in [2.75, 3.05) is 0 Å². The minimum absolute atomic E-state index is 0.317. The molecule has 0 amide bonds.